The predicted molar refractivity (Wildman–Crippen MR) is 50.4 cm³/mol. The van der Waals surface area contributed by atoms with Gasteiger partial charge in [0.05, 0.1) is 6.42 Å². The minimum Gasteiger partial charge on any atom is -0.481 e. The van der Waals surface area contributed by atoms with E-state index in [2.05, 4.69) is 13.0 Å². The smallest absolute Gasteiger partial charge is 0.303 e. The third-order valence-electron chi connectivity index (χ3n) is 3.34. The van der Waals surface area contributed by atoms with Crippen LogP contribution in [0, 0.1) is 11.3 Å². The lowest BCUT2D eigenvalue weighted by atomic mass is 9.69. The number of allylic oxidation sites excluding steroid dienone is 2. The average molecular weight is 180 g/mol. The van der Waals surface area contributed by atoms with Crippen LogP contribution in [-0.4, -0.2) is 11.1 Å². The second-order valence-electron chi connectivity index (χ2n) is 4.83. The molecule has 0 aromatic heterocycles. The number of carbonyl (C=O) groups is 1. The summed E-state index contributed by atoms with van der Waals surface area (Å²) in [5.41, 5.74) is 1.60. The molecule has 2 heteroatoms. The van der Waals surface area contributed by atoms with Crippen molar-refractivity contribution in [2.45, 2.75) is 39.0 Å². The van der Waals surface area contributed by atoms with Crippen molar-refractivity contribution in [1.29, 1.82) is 0 Å². The molecule has 1 fully saturated rings. The molecular formula is C11H16O2. The Kier molecular flexibility index (Phi) is 1.94. The van der Waals surface area contributed by atoms with Gasteiger partial charge in [-0.15, -0.1) is 0 Å². The SMILES string of the molecule is CC1CC2=CCC(CC(=O)O)(C2)C1. The van der Waals surface area contributed by atoms with Crippen LogP contribution in [-0.2, 0) is 4.79 Å². The molecule has 2 aliphatic carbocycles. The Labute approximate surface area is 78.6 Å². The third-order valence-corrected chi connectivity index (χ3v) is 3.34. The van der Waals surface area contributed by atoms with Gasteiger partial charge in [0.15, 0.2) is 0 Å². The molecule has 2 bridgehead atoms. The van der Waals surface area contributed by atoms with Crippen LogP contribution in [0.15, 0.2) is 11.6 Å². The molecule has 13 heavy (non-hydrogen) atoms. The number of carboxylic acid groups (broad SMARTS) is 1. The number of hydrogen-bond acceptors (Lipinski definition) is 1. The zero-order chi connectivity index (χ0) is 9.47. The zero-order valence-corrected chi connectivity index (χ0v) is 8.05. The first-order chi connectivity index (χ1) is 6.10. The Morgan fingerprint density at radius 2 is 2.54 bits per heavy atom. The molecule has 0 saturated heterocycles. The summed E-state index contributed by atoms with van der Waals surface area (Å²) >= 11 is 0. The van der Waals surface area contributed by atoms with E-state index in [1.807, 2.05) is 0 Å². The van der Waals surface area contributed by atoms with Gasteiger partial charge in [0.25, 0.3) is 0 Å². The first kappa shape index (κ1) is 8.79. The van der Waals surface area contributed by atoms with Gasteiger partial charge in [-0.2, -0.15) is 0 Å². The molecule has 2 aliphatic rings. The summed E-state index contributed by atoms with van der Waals surface area (Å²) in [7, 11) is 0. The van der Waals surface area contributed by atoms with E-state index in [1.165, 1.54) is 12.0 Å². The van der Waals surface area contributed by atoms with Crippen molar-refractivity contribution in [3.63, 3.8) is 0 Å². The minimum atomic E-state index is -0.635. The molecule has 0 aliphatic heterocycles. The van der Waals surface area contributed by atoms with Crippen molar-refractivity contribution >= 4 is 5.97 Å². The van der Waals surface area contributed by atoms with E-state index in [0.29, 0.717) is 12.3 Å². The fourth-order valence-corrected chi connectivity index (χ4v) is 3.08. The van der Waals surface area contributed by atoms with Gasteiger partial charge in [-0.25, -0.2) is 0 Å². The fourth-order valence-electron chi connectivity index (χ4n) is 3.08. The first-order valence-electron chi connectivity index (χ1n) is 4.99. The maximum Gasteiger partial charge on any atom is 0.303 e. The highest BCUT2D eigenvalue weighted by atomic mass is 16.4. The van der Waals surface area contributed by atoms with Crippen LogP contribution in [0.5, 0.6) is 0 Å². The van der Waals surface area contributed by atoms with Gasteiger partial charge in [-0.3, -0.25) is 4.79 Å². The lowest BCUT2D eigenvalue weighted by Gasteiger charge is -2.35. The zero-order valence-electron chi connectivity index (χ0n) is 8.05. The Hall–Kier alpha value is -0.790. The summed E-state index contributed by atoms with van der Waals surface area (Å²) in [4.78, 5) is 10.7. The van der Waals surface area contributed by atoms with Crippen molar-refractivity contribution in [1.82, 2.24) is 0 Å². The van der Waals surface area contributed by atoms with Crippen LogP contribution in [0.2, 0.25) is 0 Å². The van der Waals surface area contributed by atoms with Crippen molar-refractivity contribution in [2.75, 3.05) is 0 Å². The molecule has 0 amide bonds. The van der Waals surface area contributed by atoms with Crippen LogP contribution in [0.4, 0.5) is 0 Å². The van der Waals surface area contributed by atoms with Crippen molar-refractivity contribution in [2.24, 2.45) is 11.3 Å². The Morgan fingerprint density at radius 1 is 1.77 bits per heavy atom. The van der Waals surface area contributed by atoms with Crippen molar-refractivity contribution in [3.05, 3.63) is 11.6 Å². The molecule has 72 valence electrons. The van der Waals surface area contributed by atoms with Gasteiger partial charge in [0, 0.05) is 0 Å². The fraction of sp³-hybridized carbons (Fsp3) is 0.727. The second kappa shape index (κ2) is 2.86. The molecule has 0 spiro atoms. The highest BCUT2D eigenvalue weighted by Gasteiger charge is 2.41. The average Bonchev–Trinajstić information content (AvgIpc) is 2.24. The normalized spacial score (nSPS) is 37.3. The van der Waals surface area contributed by atoms with Gasteiger partial charge >= 0.3 is 5.97 Å². The number of aliphatic carboxylic acids is 1. The molecule has 2 rings (SSSR count). The molecule has 0 aromatic carbocycles. The van der Waals surface area contributed by atoms with Crippen LogP contribution in [0.25, 0.3) is 0 Å². The quantitative estimate of drug-likeness (QED) is 0.663. The van der Waals surface area contributed by atoms with E-state index in [-0.39, 0.29) is 5.41 Å². The van der Waals surface area contributed by atoms with E-state index in [1.54, 1.807) is 0 Å². The Balaban J connectivity index is 2.12. The van der Waals surface area contributed by atoms with Crippen LogP contribution < -0.4 is 0 Å². The lowest BCUT2D eigenvalue weighted by molar-refractivity contribution is -0.140. The maximum atomic E-state index is 10.7. The molecule has 0 aromatic rings. The molecule has 1 N–H and O–H groups in total. The summed E-state index contributed by atoms with van der Waals surface area (Å²) in [6.07, 6.45) is 6.97. The summed E-state index contributed by atoms with van der Waals surface area (Å²) in [6, 6.07) is 0. The van der Waals surface area contributed by atoms with Crippen molar-refractivity contribution in [3.8, 4) is 0 Å². The maximum absolute atomic E-state index is 10.7. The van der Waals surface area contributed by atoms with E-state index < -0.39 is 5.97 Å². The molecule has 2 atom stereocenters. The summed E-state index contributed by atoms with van der Waals surface area (Å²) in [6.45, 7) is 2.23. The highest BCUT2D eigenvalue weighted by molar-refractivity contribution is 5.68. The molecule has 1 saturated carbocycles. The predicted octanol–water partition coefficient (Wildman–Crippen LogP) is 2.60. The monoisotopic (exact) mass is 180 g/mol. The van der Waals surface area contributed by atoms with Crippen LogP contribution in [0.3, 0.4) is 0 Å². The van der Waals surface area contributed by atoms with Gasteiger partial charge in [0.1, 0.15) is 0 Å². The highest BCUT2D eigenvalue weighted by Crippen LogP contribution is 2.51. The standard InChI is InChI=1S/C11H16O2/c1-8-4-9-2-3-11(5-8,6-9)7-10(12)13/h2,8H,3-7H2,1H3,(H,12,13). The minimum absolute atomic E-state index is 0.0961. The third kappa shape index (κ3) is 1.62. The number of rotatable bonds is 2. The first-order valence-corrected chi connectivity index (χ1v) is 4.99. The Morgan fingerprint density at radius 3 is 3.23 bits per heavy atom. The Bertz CT molecular complexity index is 267. The van der Waals surface area contributed by atoms with Gasteiger partial charge in [-0.05, 0) is 37.0 Å². The topological polar surface area (TPSA) is 37.3 Å². The molecule has 2 unspecified atom stereocenters. The summed E-state index contributed by atoms with van der Waals surface area (Å²) in [5, 5.41) is 8.84. The van der Waals surface area contributed by atoms with E-state index in [4.69, 9.17) is 5.11 Å². The molecular weight excluding hydrogens is 164 g/mol. The van der Waals surface area contributed by atoms with Crippen LogP contribution in [0.1, 0.15) is 39.0 Å². The largest absolute Gasteiger partial charge is 0.481 e. The number of hydrogen-bond donors (Lipinski definition) is 1. The van der Waals surface area contributed by atoms with E-state index >= 15 is 0 Å². The summed E-state index contributed by atoms with van der Waals surface area (Å²) in [5.74, 6) is 0.0469. The van der Waals surface area contributed by atoms with E-state index in [0.717, 1.165) is 19.3 Å². The molecule has 0 heterocycles. The number of carboxylic acids is 1. The number of fused-ring (bicyclic) bond motifs is 2. The van der Waals surface area contributed by atoms with Crippen LogP contribution >= 0.6 is 0 Å². The molecule has 2 nitrogen and oxygen atoms in total. The van der Waals surface area contributed by atoms with Gasteiger partial charge in [-0.1, -0.05) is 18.6 Å². The second-order valence-corrected chi connectivity index (χ2v) is 4.83. The van der Waals surface area contributed by atoms with E-state index in [9.17, 15) is 4.79 Å². The summed E-state index contributed by atoms with van der Waals surface area (Å²) < 4.78 is 0. The molecule has 0 radical (unpaired) electrons. The lowest BCUT2D eigenvalue weighted by Crippen LogP contribution is -2.27. The van der Waals surface area contributed by atoms with Gasteiger partial charge in [0.2, 0.25) is 0 Å². The van der Waals surface area contributed by atoms with Crippen molar-refractivity contribution < 1.29 is 9.90 Å². The van der Waals surface area contributed by atoms with Gasteiger partial charge < -0.3 is 5.11 Å².